The summed E-state index contributed by atoms with van der Waals surface area (Å²) in [6.07, 6.45) is 3.41. The number of oxime groups is 1. The zero-order valence-corrected chi connectivity index (χ0v) is 16.4. The zero-order chi connectivity index (χ0) is 19.6. The van der Waals surface area contributed by atoms with Crippen LogP contribution in [0.4, 0.5) is 0 Å². The number of hydrogen-bond acceptors (Lipinski definition) is 5. The van der Waals surface area contributed by atoms with Crippen LogP contribution in [0.15, 0.2) is 29.7 Å². The third-order valence-electron chi connectivity index (χ3n) is 4.76. The average Bonchev–Trinajstić information content (AvgIpc) is 3.28. The van der Waals surface area contributed by atoms with Crippen molar-refractivity contribution in [1.29, 1.82) is 0 Å². The van der Waals surface area contributed by atoms with Crippen LogP contribution in [0.25, 0.3) is 0 Å². The average molecular weight is 370 g/mol. The van der Waals surface area contributed by atoms with Gasteiger partial charge in [0.1, 0.15) is 5.75 Å². The Morgan fingerprint density at radius 1 is 1.44 bits per heavy atom. The molecule has 7 nitrogen and oxygen atoms in total. The lowest BCUT2D eigenvalue weighted by Crippen LogP contribution is -2.34. The van der Waals surface area contributed by atoms with Crippen molar-refractivity contribution >= 4 is 11.6 Å². The Kier molecular flexibility index (Phi) is 5.48. The van der Waals surface area contributed by atoms with Gasteiger partial charge in [0.05, 0.1) is 19.0 Å². The third-order valence-corrected chi connectivity index (χ3v) is 4.76. The lowest BCUT2D eigenvalue weighted by molar-refractivity contribution is -0.131. The van der Waals surface area contributed by atoms with Crippen LogP contribution in [0.2, 0.25) is 0 Å². The van der Waals surface area contributed by atoms with Gasteiger partial charge in [-0.25, -0.2) is 0 Å². The van der Waals surface area contributed by atoms with Gasteiger partial charge in [-0.2, -0.15) is 5.10 Å². The molecule has 144 valence electrons. The predicted molar refractivity (Wildman–Crippen MR) is 103 cm³/mol. The van der Waals surface area contributed by atoms with Gasteiger partial charge in [-0.1, -0.05) is 19.0 Å². The summed E-state index contributed by atoms with van der Waals surface area (Å²) >= 11 is 0. The van der Waals surface area contributed by atoms with E-state index in [9.17, 15) is 4.79 Å². The smallest absolute Gasteiger partial charge is 0.264 e. The zero-order valence-electron chi connectivity index (χ0n) is 16.4. The van der Waals surface area contributed by atoms with Crippen molar-refractivity contribution in [1.82, 2.24) is 15.1 Å². The minimum absolute atomic E-state index is 0.168. The molecular weight excluding hydrogens is 344 g/mol. The van der Waals surface area contributed by atoms with Crippen LogP contribution in [0.5, 0.6) is 5.75 Å². The Bertz CT molecular complexity index is 870. The second kappa shape index (κ2) is 7.82. The molecule has 1 amide bonds. The second-order valence-corrected chi connectivity index (χ2v) is 7.13. The van der Waals surface area contributed by atoms with Crippen molar-refractivity contribution in [3.8, 4) is 5.75 Å². The minimum Gasteiger partial charge on any atom is -0.496 e. The second-order valence-electron chi connectivity index (χ2n) is 7.13. The number of ether oxygens (including phenoxy) is 1. The monoisotopic (exact) mass is 370 g/mol. The van der Waals surface area contributed by atoms with E-state index in [4.69, 9.17) is 9.57 Å². The molecule has 7 heteroatoms. The van der Waals surface area contributed by atoms with E-state index >= 15 is 0 Å². The molecule has 0 fully saturated rings. The van der Waals surface area contributed by atoms with Crippen LogP contribution < -0.4 is 10.1 Å². The first-order valence-electron chi connectivity index (χ1n) is 9.06. The highest BCUT2D eigenvalue weighted by atomic mass is 16.6. The Balaban J connectivity index is 1.62. The van der Waals surface area contributed by atoms with Gasteiger partial charge in [0.2, 0.25) is 6.10 Å². The lowest BCUT2D eigenvalue weighted by atomic mass is 9.96. The lowest BCUT2D eigenvalue weighted by Gasteiger charge is -2.17. The van der Waals surface area contributed by atoms with Gasteiger partial charge in [-0.3, -0.25) is 9.48 Å². The first-order chi connectivity index (χ1) is 12.9. The number of rotatable bonds is 6. The molecule has 1 aromatic carbocycles. The summed E-state index contributed by atoms with van der Waals surface area (Å²) in [7, 11) is 3.52. The molecule has 0 unspecified atom stereocenters. The number of hydrogen-bond donors (Lipinski definition) is 1. The molecule has 0 aliphatic carbocycles. The van der Waals surface area contributed by atoms with E-state index in [1.165, 1.54) is 0 Å². The van der Waals surface area contributed by atoms with Crippen molar-refractivity contribution < 1.29 is 14.4 Å². The minimum atomic E-state index is -0.608. The summed E-state index contributed by atoms with van der Waals surface area (Å²) in [4.78, 5) is 17.8. The number of aryl methyl sites for hydroxylation is 2. The van der Waals surface area contributed by atoms with Crippen LogP contribution in [-0.2, 0) is 23.2 Å². The van der Waals surface area contributed by atoms with Crippen LogP contribution >= 0.6 is 0 Å². The molecular formula is C20H26N4O3. The maximum atomic E-state index is 12.5. The maximum absolute atomic E-state index is 12.5. The number of amides is 1. The molecule has 1 aliphatic heterocycles. The molecule has 1 atom stereocenters. The van der Waals surface area contributed by atoms with Gasteiger partial charge in [0, 0.05) is 31.8 Å². The standard InChI is InChI=1S/C20H26N4O3/c1-12(2)16-7-14(13(3)6-18(16)26-5)9-21-20(25)19-8-17(23-27-19)15-10-22-24(4)11-15/h6-7,10-12,19H,8-9H2,1-5H3,(H,21,25)/t19-/m0/s1. The number of nitrogens with zero attached hydrogens (tertiary/aromatic N) is 3. The molecule has 1 aromatic heterocycles. The molecule has 0 saturated heterocycles. The molecule has 0 radical (unpaired) electrons. The number of benzene rings is 1. The largest absolute Gasteiger partial charge is 0.496 e. The highest BCUT2D eigenvalue weighted by Gasteiger charge is 2.29. The van der Waals surface area contributed by atoms with Crippen LogP contribution in [0, 0.1) is 6.92 Å². The van der Waals surface area contributed by atoms with Crippen LogP contribution in [0.3, 0.4) is 0 Å². The van der Waals surface area contributed by atoms with E-state index < -0.39 is 6.10 Å². The van der Waals surface area contributed by atoms with E-state index in [-0.39, 0.29) is 5.91 Å². The van der Waals surface area contributed by atoms with Crippen molar-refractivity contribution in [2.24, 2.45) is 12.2 Å². The summed E-state index contributed by atoms with van der Waals surface area (Å²) < 4.78 is 7.17. The summed E-state index contributed by atoms with van der Waals surface area (Å²) in [5.41, 5.74) is 4.90. The number of carbonyl (C=O) groups excluding carboxylic acids is 1. The highest BCUT2D eigenvalue weighted by Crippen LogP contribution is 2.29. The number of methoxy groups -OCH3 is 1. The Labute approximate surface area is 159 Å². The highest BCUT2D eigenvalue weighted by molar-refractivity contribution is 6.03. The van der Waals surface area contributed by atoms with E-state index in [2.05, 4.69) is 35.5 Å². The molecule has 2 heterocycles. The molecule has 0 spiro atoms. The van der Waals surface area contributed by atoms with Gasteiger partial charge < -0.3 is 14.9 Å². The van der Waals surface area contributed by atoms with Crippen molar-refractivity contribution in [3.63, 3.8) is 0 Å². The normalized spacial score (nSPS) is 16.2. The summed E-state index contributed by atoms with van der Waals surface area (Å²) in [6, 6.07) is 4.12. The first-order valence-corrected chi connectivity index (χ1v) is 9.06. The molecule has 0 bridgehead atoms. The summed E-state index contributed by atoms with van der Waals surface area (Å²) in [6.45, 7) is 6.71. The number of nitrogens with one attached hydrogen (secondary N) is 1. The van der Waals surface area contributed by atoms with E-state index in [0.717, 1.165) is 33.7 Å². The third kappa shape index (κ3) is 4.13. The number of carbonyl (C=O) groups is 1. The predicted octanol–water partition coefficient (Wildman–Crippen LogP) is 2.67. The Hall–Kier alpha value is -2.83. The van der Waals surface area contributed by atoms with Gasteiger partial charge in [0.15, 0.2) is 0 Å². The maximum Gasteiger partial charge on any atom is 0.264 e. The Morgan fingerprint density at radius 3 is 2.85 bits per heavy atom. The SMILES string of the molecule is COc1cc(C)c(CNC(=O)[C@@H]2CC(c3cnn(C)c3)=NO2)cc1C(C)C. The molecule has 1 N–H and O–H groups in total. The molecule has 0 saturated carbocycles. The van der Waals surface area contributed by atoms with Crippen LogP contribution in [0.1, 0.15) is 48.4 Å². The van der Waals surface area contributed by atoms with E-state index in [1.54, 1.807) is 18.0 Å². The molecule has 1 aliphatic rings. The van der Waals surface area contributed by atoms with Gasteiger partial charge in [-0.15, -0.1) is 0 Å². The van der Waals surface area contributed by atoms with Gasteiger partial charge >= 0.3 is 0 Å². The topological polar surface area (TPSA) is 77.7 Å². The quantitative estimate of drug-likeness (QED) is 0.848. The van der Waals surface area contributed by atoms with Crippen LogP contribution in [-0.4, -0.2) is 34.6 Å². The fourth-order valence-corrected chi connectivity index (χ4v) is 3.12. The van der Waals surface area contributed by atoms with E-state index in [0.29, 0.717) is 18.9 Å². The molecule has 27 heavy (non-hydrogen) atoms. The summed E-state index contributed by atoms with van der Waals surface area (Å²) in [5.74, 6) is 1.05. The first kappa shape index (κ1) is 18.9. The van der Waals surface area contributed by atoms with Crippen molar-refractivity contribution in [2.75, 3.05) is 7.11 Å². The van der Waals surface area contributed by atoms with Crippen molar-refractivity contribution in [2.45, 2.75) is 45.8 Å². The molecule has 2 aromatic rings. The Morgan fingerprint density at radius 2 is 2.22 bits per heavy atom. The number of aromatic nitrogens is 2. The molecule has 3 rings (SSSR count). The fourth-order valence-electron chi connectivity index (χ4n) is 3.12. The van der Waals surface area contributed by atoms with Gasteiger partial charge in [-0.05, 0) is 41.7 Å². The fraction of sp³-hybridized carbons (Fsp3) is 0.450. The van der Waals surface area contributed by atoms with Crippen molar-refractivity contribution in [3.05, 3.63) is 46.8 Å². The summed E-state index contributed by atoms with van der Waals surface area (Å²) in [5, 5.41) is 11.1. The van der Waals surface area contributed by atoms with E-state index in [1.807, 2.05) is 26.2 Å². The van der Waals surface area contributed by atoms with Gasteiger partial charge in [0.25, 0.3) is 5.91 Å².